The summed E-state index contributed by atoms with van der Waals surface area (Å²) in [7, 11) is 1.99. The van der Waals surface area contributed by atoms with E-state index in [0.717, 1.165) is 62.7 Å². The summed E-state index contributed by atoms with van der Waals surface area (Å²) in [6.07, 6.45) is 3.16. The number of benzene rings is 1. The fourth-order valence-electron chi connectivity index (χ4n) is 4.77. The van der Waals surface area contributed by atoms with E-state index < -0.39 is 0 Å². The molecule has 2 aromatic heterocycles. The van der Waals surface area contributed by atoms with Crippen LogP contribution < -0.4 is 0 Å². The first-order chi connectivity index (χ1) is 14.5. The predicted octanol–water partition coefficient (Wildman–Crippen LogP) is 4.73. The highest BCUT2D eigenvalue weighted by atomic mass is 32.1. The lowest BCUT2D eigenvalue weighted by Crippen LogP contribution is -2.45. The number of nitrogens with zero attached hydrogens (tertiary/aromatic N) is 4. The van der Waals surface area contributed by atoms with Crippen LogP contribution in [-0.4, -0.2) is 39.4 Å². The maximum Gasteiger partial charge on any atom is 0.165 e. The quantitative estimate of drug-likeness (QED) is 0.610. The Labute approximate surface area is 182 Å². The number of rotatable bonds is 4. The fourth-order valence-corrected chi connectivity index (χ4v) is 5.94. The highest BCUT2D eigenvalue weighted by molar-refractivity contribution is 7.10. The van der Waals surface area contributed by atoms with E-state index in [-0.39, 0.29) is 5.60 Å². The maximum atomic E-state index is 6.35. The van der Waals surface area contributed by atoms with E-state index >= 15 is 0 Å². The number of piperidine rings is 1. The summed E-state index contributed by atoms with van der Waals surface area (Å²) in [6, 6.07) is 11.0. The van der Waals surface area contributed by atoms with E-state index in [0.29, 0.717) is 5.92 Å². The van der Waals surface area contributed by atoms with Gasteiger partial charge in [-0.3, -0.25) is 4.90 Å². The van der Waals surface area contributed by atoms with Crippen molar-refractivity contribution in [2.75, 3.05) is 19.7 Å². The molecule has 0 radical (unpaired) electrons. The SMILES string of the molecule is CC(C)c1ccc(-c2nc(CN3CCC4(CC3)OCCc3ccsc34)nn2C)cc1. The van der Waals surface area contributed by atoms with Crippen molar-refractivity contribution in [3.63, 3.8) is 0 Å². The largest absolute Gasteiger partial charge is 0.369 e. The number of ether oxygens (including phenoxy) is 1. The summed E-state index contributed by atoms with van der Waals surface area (Å²) >= 11 is 1.87. The molecule has 3 aromatic rings. The summed E-state index contributed by atoms with van der Waals surface area (Å²) in [4.78, 5) is 8.80. The zero-order valence-corrected chi connectivity index (χ0v) is 18.9. The average Bonchev–Trinajstić information content (AvgIpc) is 3.37. The zero-order valence-electron chi connectivity index (χ0n) is 18.1. The molecule has 1 spiro atoms. The molecule has 1 saturated heterocycles. The smallest absolute Gasteiger partial charge is 0.165 e. The molecule has 30 heavy (non-hydrogen) atoms. The molecule has 6 heteroatoms. The standard InChI is InChI=1S/C24H30N4OS/c1-17(2)18-4-6-20(7-5-18)23-25-21(26-27(23)3)16-28-12-10-24(11-13-28)22-19(8-14-29-24)9-15-30-22/h4-7,9,15,17H,8,10-14,16H2,1-3H3. The molecular formula is C24H30N4OS. The van der Waals surface area contributed by atoms with Crippen molar-refractivity contribution >= 4 is 11.3 Å². The van der Waals surface area contributed by atoms with Gasteiger partial charge in [0, 0.05) is 30.6 Å². The van der Waals surface area contributed by atoms with Gasteiger partial charge in [-0.05, 0) is 47.8 Å². The molecule has 0 unspecified atom stereocenters. The second-order valence-corrected chi connectivity index (χ2v) is 9.81. The molecule has 5 nitrogen and oxygen atoms in total. The van der Waals surface area contributed by atoms with Gasteiger partial charge in [-0.2, -0.15) is 5.10 Å². The number of fused-ring (bicyclic) bond motifs is 2. The Kier molecular flexibility index (Phi) is 5.25. The van der Waals surface area contributed by atoms with Crippen LogP contribution in [0.25, 0.3) is 11.4 Å². The second-order valence-electron chi connectivity index (χ2n) is 8.90. The molecule has 2 aliphatic heterocycles. The molecule has 0 bridgehead atoms. The van der Waals surface area contributed by atoms with Crippen LogP contribution in [0, 0.1) is 0 Å². The van der Waals surface area contributed by atoms with Crippen LogP contribution in [0.3, 0.4) is 0 Å². The molecule has 0 saturated carbocycles. The van der Waals surface area contributed by atoms with E-state index in [2.05, 4.69) is 54.5 Å². The number of hydrogen-bond acceptors (Lipinski definition) is 5. The third kappa shape index (κ3) is 3.61. The molecule has 5 rings (SSSR count). The summed E-state index contributed by atoms with van der Waals surface area (Å²) in [5.74, 6) is 2.38. The topological polar surface area (TPSA) is 43.2 Å². The van der Waals surface area contributed by atoms with Crippen molar-refractivity contribution in [1.82, 2.24) is 19.7 Å². The highest BCUT2D eigenvalue weighted by Gasteiger charge is 2.41. The Morgan fingerprint density at radius 1 is 1.13 bits per heavy atom. The monoisotopic (exact) mass is 422 g/mol. The van der Waals surface area contributed by atoms with Crippen molar-refractivity contribution < 1.29 is 4.74 Å². The maximum absolute atomic E-state index is 6.35. The van der Waals surface area contributed by atoms with Gasteiger partial charge >= 0.3 is 0 Å². The minimum atomic E-state index is -0.0564. The Morgan fingerprint density at radius 3 is 2.63 bits per heavy atom. The first-order valence-corrected chi connectivity index (χ1v) is 11.9. The van der Waals surface area contributed by atoms with E-state index in [1.54, 1.807) is 0 Å². The predicted molar refractivity (Wildman–Crippen MR) is 121 cm³/mol. The molecule has 0 atom stereocenters. The lowest BCUT2D eigenvalue weighted by atomic mass is 9.85. The third-order valence-electron chi connectivity index (χ3n) is 6.58. The van der Waals surface area contributed by atoms with Crippen molar-refractivity contribution in [3.8, 4) is 11.4 Å². The second kappa shape index (κ2) is 7.91. The van der Waals surface area contributed by atoms with E-state index in [1.165, 1.54) is 16.0 Å². The minimum Gasteiger partial charge on any atom is -0.369 e. The Balaban J connectivity index is 1.26. The van der Waals surface area contributed by atoms with Crippen LogP contribution in [0.1, 0.15) is 54.4 Å². The normalized spacial score (nSPS) is 18.8. The number of likely N-dealkylation sites (tertiary alicyclic amines) is 1. The molecule has 2 aliphatic rings. The number of aryl methyl sites for hydroxylation is 1. The van der Waals surface area contributed by atoms with Gasteiger partial charge in [-0.25, -0.2) is 9.67 Å². The first kappa shape index (κ1) is 19.9. The van der Waals surface area contributed by atoms with E-state index in [1.807, 2.05) is 23.1 Å². The molecule has 1 aromatic carbocycles. The Morgan fingerprint density at radius 2 is 1.90 bits per heavy atom. The van der Waals surface area contributed by atoms with Gasteiger partial charge < -0.3 is 4.74 Å². The minimum absolute atomic E-state index is 0.0564. The van der Waals surface area contributed by atoms with Crippen molar-refractivity contribution in [2.45, 2.75) is 51.2 Å². The lowest BCUT2D eigenvalue weighted by Gasteiger charge is -2.43. The molecule has 1 fully saturated rings. The van der Waals surface area contributed by atoms with Crippen LogP contribution in [0.5, 0.6) is 0 Å². The summed E-state index contributed by atoms with van der Waals surface area (Å²) in [5.41, 5.74) is 3.92. The van der Waals surface area contributed by atoms with Gasteiger partial charge in [-0.15, -0.1) is 11.3 Å². The summed E-state index contributed by atoms with van der Waals surface area (Å²) in [5, 5.41) is 6.93. The Hall–Kier alpha value is -2.02. The van der Waals surface area contributed by atoms with Crippen LogP contribution >= 0.6 is 11.3 Å². The van der Waals surface area contributed by atoms with Crippen LogP contribution in [-0.2, 0) is 30.4 Å². The van der Waals surface area contributed by atoms with Gasteiger partial charge in [0.2, 0.25) is 0 Å². The van der Waals surface area contributed by atoms with Crippen molar-refractivity contribution in [1.29, 1.82) is 0 Å². The fraction of sp³-hybridized carbons (Fsp3) is 0.500. The molecule has 158 valence electrons. The lowest BCUT2D eigenvalue weighted by molar-refractivity contribution is -0.0963. The average molecular weight is 423 g/mol. The summed E-state index contributed by atoms with van der Waals surface area (Å²) < 4.78 is 8.26. The van der Waals surface area contributed by atoms with Crippen molar-refractivity contribution in [3.05, 3.63) is 57.5 Å². The molecule has 0 aliphatic carbocycles. The Bertz CT molecular complexity index is 1010. The van der Waals surface area contributed by atoms with Gasteiger partial charge in [-0.1, -0.05) is 38.1 Å². The van der Waals surface area contributed by atoms with Crippen LogP contribution in [0.4, 0.5) is 0 Å². The van der Waals surface area contributed by atoms with Gasteiger partial charge in [0.05, 0.1) is 13.2 Å². The molecule has 0 amide bonds. The third-order valence-corrected chi connectivity index (χ3v) is 7.72. The van der Waals surface area contributed by atoms with Crippen molar-refractivity contribution in [2.24, 2.45) is 7.05 Å². The molecular weight excluding hydrogens is 392 g/mol. The summed E-state index contributed by atoms with van der Waals surface area (Å²) in [6.45, 7) is 8.13. The number of aromatic nitrogens is 3. The van der Waals surface area contributed by atoms with Crippen LogP contribution in [0.2, 0.25) is 0 Å². The van der Waals surface area contributed by atoms with E-state index in [4.69, 9.17) is 14.8 Å². The number of thiophene rings is 1. The molecule has 4 heterocycles. The van der Waals surface area contributed by atoms with Gasteiger partial charge in [0.1, 0.15) is 5.60 Å². The zero-order chi connectivity index (χ0) is 20.7. The molecule has 0 N–H and O–H groups in total. The van der Waals surface area contributed by atoms with Gasteiger partial charge in [0.15, 0.2) is 11.6 Å². The number of hydrogen-bond donors (Lipinski definition) is 0. The highest BCUT2D eigenvalue weighted by Crippen LogP contribution is 2.44. The van der Waals surface area contributed by atoms with Gasteiger partial charge in [0.25, 0.3) is 0 Å². The van der Waals surface area contributed by atoms with E-state index in [9.17, 15) is 0 Å². The first-order valence-electron chi connectivity index (χ1n) is 11.0. The van der Waals surface area contributed by atoms with Crippen LogP contribution in [0.15, 0.2) is 35.7 Å².